The average Bonchev–Trinajstić information content (AvgIpc) is 2.47. The third kappa shape index (κ3) is 6.53. The van der Waals surface area contributed by atoms with Crippen molar-refractivity contribution in [2.24, 2.45) is 4.99 Å². The highest BCUT2D eigenvalue weighted by Crippen LogP contribution is 2.23. The molecule has 112 valence electrons. The van der Waals surface area contributed by atoms with Gasteiger partial charge in [-0.05, 0) is 31.3 Å². The number of nitrogens with one attached hydrogen (secondary N) is 2. The predicted molar refractivity (Wildman–Crippen MR) is 87.1 cm³/mol. The summed E-state index contributed by atoms with van der Waals surface area (Å²) in [4.78, 5) is 15.5. The van der Waals surface area contributed by atoms with Gasteiger partial charge in [-0.1, -0.05) is 24.8 Å². The van der Waals surface area contributed by atoms with Gasteiger partial charge in [-0.15, -0.1) is 0 Å². The molecule has 1 rings (SSSR count). The molecule has 0 saturated heterocycles. The average molecular weight is 307 g/mol. The molecule has 0 aliphatic heterocycles. The van der Waals surface area contributed by atoms with Crippen LogP contribution >= 0.6 is 12.2 Å². The molecule has 0 spiro atoms. The molecule has 1 aromatic carbocycles. The van der Waals surface area contributed by atoms with Crippen molar-refractivity contribution in [2.45, 2.75) is 6.92 Å². The Labute approximate surface area is 128 Å². The lowest BCUT2D eigenvalue weighted by molar-refractivity contribution is 0.164. The van der Waals surface area contributed by atoms with Crippen LogP contribution in [0.3, 0.4) is 0 Å². The fraction of sp³-hybridized carbons (Fsp3) is 0.214. The summed E-state index contributed by atoms with van der Waals surface area (Å²) >= 11 is 5.03. The summed E-state index contributed by atoms with van der Waals surface area (Å²) < 4.78 is 9.82. The number of benzene rings is 1. The highest BCUT2D eigenvalue weighted by atomic mass is 32.1. The maximum Gasteiger partial charge on any atom is 0.413 e. The first kappa shape index (κ1) is 16.6. The standard InChI is InChI=1S/C14H17N3O3S/c1-3-9-20-14(18)17-13(21)16-12-8-6-5-7-11(12)15-10-19-4-2/h3,5-8,10H,1,4,9H2,2H3,(H2,16,17,18,21)/b15-10+. The minimum atomic E-state index is -0.650. The van der Waals surface area contributed by atoms with E-state index in [1.54, 1.807) is 12.1 Å². The van der Waals surface area contributed by atoms with Gasteiger partial charge in [0.25, 0.3) is 0 Å². The van der Waals surface area contributed by atoms with Gasteiger partial charge in [0, 0.05) is 0 Å². The monoisotopic (exact) mass is 307 g/mol. The third-order valence-electron chi connectivity index (χ3n) is 2.13. The Morgan fingerprint density at radius 1 is 1.48 bits per heavy atom. The Balaban J connectivity index is 2.63. The Kier molecular flexibility index (Phi) is 7.52. The highest BCUT2D eigenvalue weighted by molar-refractivity contribution is 7.80. The van der Waals surface area contributed by atoms with Crippen LogP contribution in [0.15, 0.2) is 41.9 Å². The van der Waals surface area contributed by atoms with E-state index in [0.717, 1.165) is 0 Å². The Hall–Kier alpha value is -2.41. The maximum absolute atomic E-state index is 11.3. The minimum Gasteiger partial charge on any atom is -0.483 e. The van der Waals surface area contributed by atoms with Crippen LogP contribution in [0.5, 0.6) is 0 Å². The van der Waals surface area contributed by atoms with Gasteiger partial charge in [-0.25, -0.2) is 9.79 Å². The molecule has 6 nitrogen and oxygen atoms in total. The molecule has 1 amide bonds. The van der Waals surface area contributed by atoms with Crippen molar-refractivity contribution in [2.75, 3.05) is 18.5 Å². The second-order valence-corrected chi connectivity index (χ2v) is 4.08. The van der Waals surface area contributed by atoms with E-state index in [4.69, 9.17) is 21.7 Å². The Morgan fingerprint density at radius 2 is 2.24 bits per heavy atom. The van der Waals surface area contributed by atoms with E-state index in [0.29, 0.717) is 18.0 Å². The molecule has 7 heteroatoms. The van der Waals surface area contributed by atoms with Crippen LogP contribution in [0.2, 0.25) is 0 Å². The molecule has 0 heterocycles. The van der Waals surface area contributed by atoms with E-state index < -0.39 is 6.09 Å². The SMILES string of the molecule is C=CCOC(=O)NC(=S)Nc1ccccc1/N=C/OCC. The van der Waals surface area contributed by atoms with Gasteiger partial charge in [0.2, 0.25) is 0 Å². The molecule has 0 atom stereocenters. The van der Waals surface area contributed by atoms with Crippen molar-refractivity contribution < 1.29 is 14.3 Å². The largest absolute Gasteiger partial charge is 0.483 e. The molecule has 0 aliphatic carbocycles. The number of para-hydroxylation sites is 2. The van der Waals surface area contributed by atoms with Crippen LogP contribution < -0.4 is 10.6 Å². The number of hydrogen-bond donors (Lipinski definition) is 2. The normalized spacial score (nSPS) is 9.95. The molecule has 1 aromatic rings. The Bertz CT molecular complexity index is 532. The van der Waals surface area contributed by atoms with Crippen LogP contribution in [-0.2, 0) is 9.47 Å². The molecule has 2 N–H and O–H groups in total. The summed E-state index contributed by atoms with van der Waals surface area (Å²) in [5.74, 6) is 0. The van der Waals surface area contributed by atoms with Gasteiger partial charge in [0.1, 0.15) is 6.61 Å². The van der Waals surface area contributed by atoms with E-state index in [9.17, 15) is 4.79 Å². The number of ether oxygens (including phenoxy) is 2. The topological polar surface area (TPSA) is 72.0 Å². The molecule has 0 aromatic heterocycles. The smallest absolute Gasteiger partial charge is 0.413 e. The number of carbonyl (C=O) groups excluding carboxylic acids is 1. The lowest BCUT2D eigenvalue weighted by Gasteiger charge is -2.11. The maximum atomic E-state index is 11.3. The number of rotatable bonds is 6. The second-order valence-electron chi connectivity index (χ2n) is 3.67. The van der Waals surface area contributed by atoms with Crippen molar-refractivity contribution in [3.8, 4) is 0 Å². The summed E-state index contributed by atoms with van der Waals surface area (Å²) in [5, 5.41) is 5.37. The number of hydrogen-bond acceptors (Lipinski definition) is 5. The molecule has 0 radical (unpaired) electrons. The molecule has 0 fully saturated rings. The molecule has 0 saturated carbocycles. The van der Waals surface area contributed by atoms with Gasteiger partial charge >= 0.3 is 6.09 Å². The van der Waals surface area contributed by atoms with Gasteiger partial charge in [0.05, 0.1) is 18.0 Å². The number of thiocarbonyl (C=S) groups is 1. The highest BCUT2D eigenvalue weighted by Gasteiger charge is 2.07. The molecule has 0 unspecified atom stereocenters. The van der Waals surface area contributed by atoms with Crippen LogP contribution in [0.4, 0.5) is 16.2 Å². The third-order valence-corrected chi connectivity index (χ3v) is 2.34. The van der Waals surface area contributed by atoms with Crippen molar-refractivity contribution in [3.05, 3.63) is 36.9 Å². The van der Waals surface area contributed by atoms with Crippen LogP contribution in [0.25, 0.3) is 0 Å². The van der Waals surface area contributed by atoms with Gasteiger partial charge in [-0.3, -0.25) is 5.32 Å². The Morgan fingerprint density at radius 3 is 2.95 bits per heavy atom. The summed E-state index contributed by atoms with van der Waals surface area (Å²) in [6.07, 6.45) is 2.17. The van der Waals surface area contributed by atoms with Crippen molar-refractivity contribution in [3.63, 3.8) is 0 Å². The van der Waals surface area contributed by atoms with Crippen molar-refractivity contribution in [1.29, 1.82) is 0 Å². The summed E-state index contributed by atoms with van der Waals surface area (Å²) in [6.45, 7) is 5.96. The van der Waals surface area contributed by atoms with Crippen LogP contribution in [0, 0.1) is 0 Å². The quantitative estimate of drug-likeness (QED) is 0.366. The molecule has 0 bridgehead atoms. The number of aliphatic imine (C=N–C) groups is 1. The zero-order valence-corrected chi connectivity index (χ0v) is 12.5. The number of nitrogens with zero attached hydrogens (tertiary/aromatic N) is 1. The lowest BCUT2D eigenvalue weighted by Crippen LogP contribution is -2.34. The number of alkyl carbamates (subject to hydrolysis) is 1. The van der Waals surface area contributed by atoms with E-state index >= 15 is 0 Å². The predicted octanol–water partition coefficient (Wildman–Crippen LogP) is 2.99. The van der Waals surface area contributed by atoms with Crippen LogP contribution in [0.1, 0.15) is 6.92 Å². The number of carbonyl (C=O) groups is 1. The zero-order valence-electron chi connectivity index (χ0n) is 11.7. The number of amides is 1. The fourth-order valence-electron chi connectivity index (χ4n) is 1.28. The first-order chi connectivity index (χ1) is 10.2. The van der Waals surface area contributed by atoms with E-state index in [2.05, 4.69) is 22.2 Å². The summed E-state index contributed by atoms with van der Waals surface area (Å²) in [5.41, 5.74) is 1.28. The molecular weight excluding hydrogens is 290 g/mol. The van der Waals surface area contributed by atoms with Gasteiger partial charge in [-0.2, -0.15) is 0 Å². The molecule has 21 heavy (non-hydrogen) atoms. The summed E-state index contributed by atoms with van der Waals surface area (Å²) in [6, 6.07) is 7.22. The van der Waals surface area contributed by atoms with Gasteiger partial charge < -0.3 is 14.8 Å². The lowest BCUT2D eigenvalue weighted by atomic mass is 10.3. The van der Waals surface area contributed by atoms with Gasteiger partial charge in [0.15, 0.2) is 11.5 Å². The van der Waals surface area contributed by atoms with E-state index in [-0.39, 0.29) is 11.7 Å². The fourth-order valence-corrected chi connectivity index (χ4v) is 1.47. The minimum absolute atomic E-state index is 0.114. The first-order valence-corrected chi connectivity index (χ1v) is 6.67. The second kappa shape index (κ2) is 9.49. The van der Waals surface area contributed by atoms with Crippen molar-refractivity contribution >= 4 is 41.2 Å². The van der Waals surface area contributed by atoms with Crippen molar-refractivity contribution in [1.82, 2.24) is 5.32 Å². The van der Waals surface area contributed by atoms with E-state index in [1.807, 2.05) is 19.1 Å². The first-order valence-electron chi connectivity index (χ1n) is 6.26. The molecular formula is C14H17N3O3S. The van der Waals surface area contributed by atoms with E-state index in [1.165, 1.54) is 12.5 Å². The van der Waals surface area contributed by atoms with Crippen LogP contribution in [-0.4, -0.2) is 30.8 Å². The number of anilines is 1. The molecule has 0 aliphatic rings. The zero-order chi connectivity index (χ0) is 15.5. The summed E-state index contributed by atoms with van der Waals surface area (Å²) in [7, 11) is 0.